The SMILES string of the molecule is NNC(Cc1ccncc1Cl)C1CCCOC1. The molecule has 2 unspecified atom stereocenters. The van der Waals surface area contributed by atoms with Gasteiger partial charge in [0.1, 0.15) is 0 Å². The maximum atomic E-state index is 6.10. The van der Waals surface area contributed by atoms with Gasteiger partial charge in [-0.15, -0.1) is 0 Å². The highest BCUT2D eigenvalue weighted by atomic mass is 35.5. The molecular formula is C12H18ClN3O. The van der Waals surface area contributed by atoms with Crippen LogP contribution in [0.2, 0.25) is 5.02 Å². The molecule has 0 aromatic carbocycles. The van der Waals surface area contributed by atoms with Crippen LogP contribution in [0.4, 0.5) is 0 Å². The van der Waals surface area contributed by atoms with Crippen LogP contribution in [-0.2, 0) is 11.2 Å². The van der Waals surface area contributed by atoms with E-state index in [4.69, 9.17) is 22.2 Å². The van der Waals surface area contributed by atoms with Crippen molar-refractivity contribution in [3.05, 3.63) is 29.0 Å². The van der Waals surface area contributed by atoms with E-state index in [-0.39, 0.29) is 6.04 Å². The zero-order valence-corrected chi connectivity index (χ0v) is 10.5. The van der Waals surface area contributed by atoms with E-state index >= 15 is 0 Å². The first-order valence-corrected chi connectivity index (χ1v) is 6.31. The van der Waals surface area contributed by atoms with Crippen LogP contribution in [0.25, 0.3) is 0 Å². The summed E-state index contributed by atoms with van der Waals surface area (Å²) in [5.41, 5.74) is 3.97. The summed E-state index contributed by atoms with van der Waals surface area (Å²) in [7, 11) is 0. The van der Waals surface area contributed by atoms with Crippen molar-refractivity contribution in [1.82, 2.24) is 10.4 Å². The Hall–Kier alpha value is -0.680. The number of aromatic nitrogens is 1. The maximum absolute atomic E-state index is 6.10. The quantitative estimate of drug-likeness (QED) is 0.633. The van der Waals surface area contributed by atoms with Crippen molar-refractivity contribution in [1.29, 1.82) is 0 Å². The number of nitrogens with two attached hydrogens (primary N) is 1. The molecule has 0 aliphatic carbocycles. The van der Waals surface area contributed by atoms with Crippen molar-refractivity contribution in [2.24, 2.45) is 11.8 Å². The van der Waals surface area contributed by atoms with E-state index < -0.39 is 0 Å². The lowest BCUT2D eigenvalue weighted by Crippen LogP contribution is -2.45. The van der Waals surface area contributed by atoms with E-state index in [1.54, 1.807) is 12.4 Å². The Labute approximate surface area is 106 Å². The van der Waals surface area contributed by atoms with Crippen molar-refractivity contribution < 1.29 is 4.74 Å². The molecule has 0 spiro atoms. The Morgan fingerprint density at radius 1 is 1.65 bits per heavy atom. The van der Waals surface area contributed by atoms with Crippen LogP contribution in [-0.4, -0.2) is 24.2 Å². The molecule has 1 aromatic rings. The summed E-state index contributed by atoms with van der Waals surface area (Å²) in [6, 6.07) is 2.14. The lowest BCUT2D eigenvalue weighted by molar-refractivity contribution is 0.0393. The first kappa shape index (κ1) is 12.8. The van der Waals surface area contributed by atoms with E-state index in [1.165, 1.54) is 0 Å². The normalized spacial score (nSPS) is 22.4. The van der Waals surface area contributed by atoms with Crippen LogP contribution in [0.3, 0.4) is 0 Å². The number of hydrogen-bond donors (Lipinski definition) is 2. The largest absolute Gasteiger partial charge is 0.381 e. The molecule has 0 bridgehead atoms. The smallest absolute Gasteiger partial charge is 0.0621 e. The molecule has 0 amide bonds. The minimum atomic E-state index is 0.204. The van der Waals surface area contributed by atoms with Crippen molar-refractivity contribution in [3.8, 4) is 0 Å². The fourth-order valence-corrected chi connectivity index (χ4v) is 2.45. The van der Waals surface area contributed by atoms with Crippen LogP contribution in [0.5, 0.6) is 0 Å². The van der Waals surface area contributed by atoms with Gasteiger partial charge in [0, 0.05) is 25.0 Å². The first-order chi connectivity index (χ1) is 8.31. The summed E-state index contributed by atoms with van der Waals surface area (Å²) in [6.07, 6.45) is 6.49. The number of hydrogen-bond acceptors (Lipinski definition) is 4. The number of nitrogens with zero attached hydrogens (tertiary/aromatic N) is 1. The lowest BCUT2D eigenvalue weighted by Gasteiger charge is -2.30. The Morgan fingerprint density at radius 2 is 2.53 bits per heavy atom. The molecule has 2 heterocycles. The minimum absolute atomic E-state index is 0.204. The highest BCUT2D eigenvalue weighted by Crippen LogP contribution is 2.22. The monoisotopic (exact) mass is 255 g/mol. The second-order valence-electron chi connectivity index (χ2n) is 4.42. The molecule has 5 heteroatoms. The van der Waals surface area contributed by atoms with Crippen LogP contribution < -0.4 is 11.3 Å². The molecular weight excluding hydrogens is 238 g/mol. The Morgan fingerprint density at radius 3 is 3.18 bits per heavy atom. The zero-order chi connectivity index (χ0) is 12.1. The molecule has 2 atom stereocenters. The Bertz CT molecular complexity index is 355. The molecule has 94 valence electrons. The third kappa shape index (κ3) is 3.39. The highest BCUT2D eigenvalue weighted by Gasteiger charge is 2.24. The van der Waals surface area contributed by atoms with E-state index in [2.05, 4.69) is 10.4 Å². The van der Waals surface area contributed by atoms with Crippen LogP contribution in [0.1, 0.15) is 18.4 Å². The van der Waals surface area contributed by atoms with Crippen LogP contribution in [0, 0.1) is 5.92 Å². The van der Waals surface area contributed by atoms with E-state index in [0.29, 0.717) is 10.9 Å². The second-order valence-corrected chi connectivity index (χ2v) is 4.83. The molecule has 4 nitrogen and oxygen atoms in total. The number of pyridine rings is 1. The topological polar surface area (TPSA) is 60.2 Å². The van der Waals surface area contributed by atoms with Gasteiger partial charge >= 0.3 is 0 Å². The van der Waals surface area contributed by atoms with E-state index in [1.807, 2.05) is 6.07 Å². The van der Waals surface area contributed by atoms with Crippen molar-refractivity contribution in [2.75, 3.05) is 13.2 Å². The summed E-state index contributed by atoms with van der Waals surface area (Å²) >= 11 is 6.10. The van der Waals surface area contributed by atoms with Gasteiger partial charge < -0.3 is 4.74 Å². The molecule has 0 radical (unpaired) electrons. The Kier molecular flexibility index (Phi) is 4.74. The van der Waals surface area contributed by atoms with Crippen LogP contribution >= 0.6 is 11.6 Å². The van der Waals surface area contributed by atoms with Gasteiger partial charge in [0.25, 0.3) is 0 Å². The summed E-state index contributed by atoms with van der Waals surface area (Å²) in [5, 5.41) is 0.699. The molecule has 2 rings (SSSR count). The third-order valence-corrected chi connectivity index (χ3v) is 3.62. The number of halogens is 1. The van der Waals surface area contributed by atoms with Gasteiger partial charge in [-0.25, -0.2) is 0 Å². The fourth-order valence-electron chi connectivity index (χ4n) is 2.25. The number of hydrazine groups is 1. The van der Waals surface area contributed by atoms with Crippen molar-refractivity contribution >= 4 is 11.6 Å². The molecule has 1 aliphatic rings. The van der Waals surface area contributed by atoms with Gasteiger partial charge in [0.2, 0.25) is 0 Å². The first-order valence-electron chi connectivity index (χ1n) is 5.93. The molecule has 1 fully saturated rings. The molecule has 17 heavy (non-hydrogen) atoms. The second kappa shape index (κ2) is 6.31. The third-order valence-electron chi connectivity index (χ3n) is 3.27. The summed E-state index contributed by atoms with van der Waals surface area (Å²) in [4.78, 5) is 3.98. The van der Waals surface area contributed by atoms with Gasteiger partial charge in [0.15, 0.2) is 0 Å². The van der Waals surface area contributed by atoms with E-state index in [0.717, 1.165) is 38.0 Å². The van der Waals surface area contributed by atoms with Crippen molar-refractivity contribution in [2.45, 2.75) is 25.3 Å². The highest BCUT2D eigenvalue weighted by molar-refractivity contribution is 6.31. The summed E-state index contributed by atoms with van der Waals surface area (Å²) < 4.78 is 5.49. The molecule has 0 saturated carbocycles. The van der Waals surface area contributed by atoms with Gasteiger partial charge in [-0.05, 0) is 36.8 Å². The van der Waals surface area contributed by atoms with Gasteiger partial charge in [-0.1, -0.05) is 11.6 Å². The average molecular weight is 256 g/mol. The van der Waals surface area contributed by atoms with Crippen molar-refractivity contribution in [3.63, 3.8) is 0 Å². The molecule has 1 aliphatic heterocycles. The number of nitrogens with one attached hydrogen (secondary N) is 1. The molecule has 1 aromatic heterocycles. The zero-order valence-electron chi connectivity index (χ0n) is 9.73. The molecule has 1 saturated heterocycles. The average Bonchev–Trinajstić information content (AvgIpc) is 2.39. The maximum Gasteiger partial charge on any atom is 0.0621 e. The van der Waals surface area contributed by atoms with E-state index in [9.17, 15) is 0 Å². The van der Waals surface area contributed by atoms with Gasteiger partial charge in [-0.2, -0.15) is 0 Å². The standard InChI is InChI=1S/C12H18ClN3O/c13-11-7-15-4-3-9(11)6-12(16-14)10-2-1-5-17-8-10/h3-4,7,10,12,16H,1-2,5-6,8,14H2. The fraction of sp³-hybridized carbons (Fsp3) is 0.583. The number of ether oxygens (including phenoxy) is 1. The van der Waals surface area contributed by atoms with Gasteiger partial charge in [0.05, 0.1) is 11.6 Å². The number of rotatable bonds is 4. The Balaban J connectivity index is 2.01. The van der Waals surface area contributed by atoms with Crippen LogP contribution in [0.15, 0.2) is 18.5 Å². The summed E-state index contributed by atoms with van der Waals surface area (Å²) in [6.45, 7) is 1.64. The predicted molar refractivity (Wildman–Crippen MR) is 67.6 cm³/mol. The lowest BCUT2D eigenvalue weighted by atomic mass is 9.90. The minimum Gasteiger partial charge on any atom is -0.381 e. The predicted octanol–water partition coefficient (Wildman–Crippen LogP) is 1.54. The van der Waals surface area contributed by atoms with Gasteiger partial charge in [-0.3, -0.25) is 16.3 Å². The summed E-state index contributed by atoms with van der Waals surface area (Å²) in [5.74, 6) is 6.09. The molecule has 3 N–H and O–H groups in total.